The van der Waals surface area contributed by atoms with Gasteiger partial charge in [-0.3, -0.25) is 14.2 Å². The molecule has 0 fully saturated rings. The van der Waals surface area contributed by atoms with Gasteiger partial charge in [0.15, 0.2) is 0 Å². The van der Waals surface area contributed by atoms with Crippen LogP contribution in [-0.2, 0) is 11.3 Å². The van der Waals surface area contributed by atoms with Crippen LogP contribution in [0.5, 0.6) is 0 Å². The van der Waals surface area contributed by atoms with Gasteiger partial charge < -0.3 is 5.32 Å². The fourth-order valence-corrected chi connectivity index (χ4v) is 2.00. The van der Waals surface area contributed by atoms with Gasteiger partial charge in [-0.05, 0) is 25.0 Å². The summed E-state index contributed by atoms with van der Waals surface area (Å²) in [5.41, 5.74) is -0.650. The van der Waals surface area contributed by atoms with E-state index in [1.54, 1.807) is 31.2 Å². The van der Waals surface area contributed by atoms with E-state index in [1.165, 1.54) is 10.9 Å². The van der Waals surface area contributed by atoms with Gasteiger partial charge in [-0.15, -0.1) is 0 Å². The van der Waals surface area contributed by atoms with Crippen molar-refractivity contribution >= 4 is 16.8 Å². The Kier molecular flexibility index (Phi) is 4.27. The van der Waals surface area contributed by atoms with Gasteiger partial charge in [-0.2, -0.15) is 5.26 Å². The van der Waals surface area contributed by atoms with Gasteiger partial charge in [0.05, 0.1) is 23.3 Å². The van der Waals surface area contributed by atoms with E-state index in [2.05, 4.69) is 16.4 Å². The maximum absolute atomic E-state index is 12.3. The monoisotopic (exact) mass is 298 g/mol. The van der Waals surface area contributed by atoms with Gasteiger partial charge in [0.2, 0.25) is 5.91 Å². The van der Waals surface area contributed by atoms with Crippen molar-refractivity contribution in [2.24, 2.45) is 5.92 Å². The van der Waals surface area contributed by atoms with Crippen LogP contribution in [0.3, 0.4) is 0 Å². The first kappa shape index (κ1) is 15.7. The number of para-hydroxylation sites is 1. The molecule has 22 heavy (non-hydrogen) atoms. The molecule has 0 spiro atoms. The Morgan fingerprint density at radius 2 is 2.14 bits per heavy atom. The second-order valence-corrected chi connectivity index (χ2v) is 5.71. The highest BCUT2D eigenvalue weighted by atomic mass is 16.2. The Morgan fingerprint density at radius 3 is 2.77 bits per heavy atom. The highest BCUT2D eigenvalue weighted by molar-refractivity contribution is 5.79. The van der Waals surface area contributed by atoms with Crippen molar-refractivity contribution < 1.29 is 4.79 Å². The van der Waals surface area contributed by atoms with Gasteiger partial charge in [-0.25, -0.2) is 4.98 Å². The Balaban J connectivity index is 2.25. The van der Waals surface area contributed by atoms with Crippen LogP contribution in [0.2, 0.25) is 0 Å². The van der Waals surface area contributed by atoms with E-state index >= 15 is 0 Å². The largest absolute Gasteiger partial charge is 0.336 e. The molecule has 0 aliphatic heterocycles. The summed E-state index contributed by atoms with van der Waals surface area (Å²) in [5.74, 6) is -0.440. The van der Waals surface area contributed by atoms with E-state index in [9.17, 15) is 14.9 Å². The molecule has 1 heterocycles. The van der Waals surface area contributed by atoms with Crippen molar-refractivity contribution in [1.29, 1.82) is 5.26 Å². The standard InChI is InChI=1S/C16H18N4O2/c1-11(2)16(3,9-17)19-14(21)8-20-10-18-13-7-5-4-6-12(13)15(20)22/h4-7,10-11H,8H2,1-3H3,(H,19,21). The van der Waals surface area contributed by atoms with Gasteiger partial charge in [0, 0.05) is 0 Å². The maximum Gasteiger partial charge on any atom is 0.261 e. The molecule has 0 aliphatic carbocycles. The molecule has 1 N–H and O–H groups in total. The minimum atomic E-state index is -0.967. The first-order valence-electron chi connectivity index (χ1n) is 7.04. The molecule has 0 aliphatic rings. The van der Waals surface area contributed by atoms with Crippen LogP contribution < -0.4 is 10.9 Å². The zero-order chi connectivity index (χ0) is 16.3. The maximum atomic E-state index is 12.3. The lowest BCUT2D eigenvalue weighted by molar-refractivity contribution is -0.123. The van der Waals surface area contributed by atoms with Gasteiger partial charge in [0.25, 0.3) is 5.56 Å². The minimum Gasteiger partial charge on any atom is -0.336 e. The Labute approximate surface area is 128 Å². The lowest BCUT2D eigenvalue weighted by atomic mass is 9.90. The molecule has 1 aromatic heterocycles. The molecule has 2 rings (SSSR count). The second kappa shape index (κ2) is 5.98. The summed E-state index contributed by atoms with van der Waals surface area (Å²) in [5, 5.41) is 12.4. The number of rotatable bonds is 4. The van der Waals surface area contributed by atoms with E-state index in [0.717, 1.165) is 0 Å². The summed E-state index contributed by atoms with van der Waals surface area (Å²) in [7, 11) is 0. The van der Waals surface area contributed by atoms with Crippen LogP contribution >= 0.6 is 0 Å². The summed E-state index contributed by atoms with van der Waals surface area (Å²) in [6, 6.07) is 9.07. The van der Waals surface area contributed by atoms with Crippen molar-refractivity contribution in [2.75, 3.05) is 0 Å². The molecule has 2 aromatic rings. The van der Waals surface area contributed by atoms with E-state index in [-0.39, 0.29) is 18.0 Å². The number of carbonyl (C=O) groups is 1. The highest BCUT2D eigenvalue weighted by Crippen LogP contribution is 2.15. The lowest BCUT2D eigenvalue weighted by Crippen LogP contribution is -2.50. The number of amides is 1. The molecule has 1 unspecified atom stereocenters. The van der Waals surface area contributed by atoms with Crippen LogP contribution in [-0.4, -0.2) is 21.0 Å². The van der Waals surface area contributed by atoms with Crippen molar-refractivity contribution in [3.63, 3.8) is 0 Å². The van der Waals surface area contributed by atoms with Crippen molar-refractivity contribution in [3.8, 4) is 6.07 Å². The number of nitrogens with zero attached hydrogens (tertiary/aromatic N) is 3. The van der Waals surface area contributed by atoms with E-state index < -0.39 is 11.4 Å². The molecule has 1 atom stereocenters. The molecule has 0 bridgehead atoms. The van der Waals surface area contributed by atoms with Crippen LogP contribution in [0.15, 0.2) is 35.4 Å². The second-order valence-electron chi connectivity index (χ2n) is 5.71. The number of nitriles is 1. The average molecular weight is 298 g/mol. The molecule has 1 aromatic carbocycles. The van der Waals surface area contributed by atoms with Gasteiger partial charge in [-0.1, -0.05) is 26.0 Å². The van der Waals surface area contributed by atoms with Crippen LogP contribution in [0.1, 0.15) is 20.8 Å². The number of carbonyl (C=O) groups excluding carboxylic acids is 1. The molecule has 6 heteroatoms. The fraction of sp³-hybridized carbons (Fsp3) is 0.375. The molecule has 0 radical (unpaired) electrons. The first-order chi connectivity index (χ1) is 10.4. The zero-order valence-corrected chi connectivity index (χ0v) is 12.8. The van der Waals surface area contributed by atoms with E-state index in [1.807, 2.05) is 13.8 Å². The van der Waals surface area contributed by atoms with Gasteiger partial charge >= 0.3 is 0 Å². The number of nitrogens with one attached hydrogen (secondary N) is 1. The smallest absolute Gasteiger partial charge is 0.261 e. The van der Waals surface area contributed by atoms with E-state index in [0.29, 0.717) is 10.9 Å². The third-order valence-corrected chi connectivity index (χ3v) is 3.83. The molecule has 114 valence electrons. The predicted octanol–water partition coefficient (Wildman–Crippen LogP) is 1.45. The number of hydrogen-bond acceptors (Lipinski definition) is 4. The van der Waals surface area contributed by atoms with Crippen LogP contribution in [0, 0.1) is 17.2 Å². The lowest BCUT2D eigenvalue weighted by Gasteiger charge is -2.27. The number of fused-ring (bicyclic) bond motifs is 1. The third-order valence-electron chi connectivity index (χ3n) is 3.83. The number of aromatic nitrogens is 2. The quantitative estimate of drug-likeness (QED) is 0.925. The summed E-state index contributed by atoms with van der Waals surface area (Å²) >= 11 is 0. The predicted molar refractivity (Wildman–Crippen MR) is 83.0 cm³/mol. The molecule has 6 nitrogen and oxygen atoms in total. The molecule has 0 saturated carbocycles. The van der Waals surface area contributed by atoms with Gasteiger partial charge in [0.1, 0.15) is 12.1 Å². The van der Waals surface area contributed by atoms with Crippen LogP contribution in [0.25, 0.3) is 10.9 Å². The summed E-state index contributed by atoms with van der Waals surface area (Å²) in [6.07, 6.45) is 1.35. The normalized spacial score (nSPS) is 13.6. The Bertz CT molecular complexity index is 804. The van der Waals surface area contributed by atoms with E-state index in [4.69, 9.17) is 0 Å². The third kappa shape index (κ3) is 2.98. The van der Waals surface area contributed by atoms with Crippen molar-refractivity contribution in [3.05, 3.63) is 40.9 Å². The fourth-order valence-electron chi connectivity index (χ4n) is 2.00. The summed E-state index contributed by atoms with van der Waals surface area (Å²) in [4.78, 5) is 28.6. The first-order valence-corrected chi connectivity index (χ1v) is 7.04. The molecular weight excluding hydrogens is 280 g/mol. The van der Waals surface area contributed by atoms with Crippen molar-refractivity contribution in [2.45, 2.75) is 32.9 Å². The van der Waals surface area contributed by atoms with Crippen LogP contribution in [0.4, 0.5) is 0 Å². The average Bonchev–Trinajstić information content (AvgIpc) is 2.50. The highest BCUT2D eigenvalue weighted by Gasteiger charge is 2.30. The zero-order valence-electron chi connectivity index (χ0n) is 12.8. The Morgan fingerprint density at radius 1 is 1.45 bits per heavy atom. The van der Waals surface area contributed by atoms with Crippen molar-refractivity contribution in [1.82, 2.24) is 14.9 Å². The number of benzene rings is 1. The topological polar surface area (TPSA) is 87.8 Å². The minimum absolute atomic E-state index is 0.0482. The molecule has 0 saturated heterocycles. The summed E-state index contributed by atoms with van der Waals surface area (Å²) in [6.45, 7) is 5.21. The molecule has 1 amide bonds. The summed E-state index contributed by atoms with van der Waals surface area (Å²) < 4.78 is 1.25. The Hall–Kier alpha value is -2.68. The SMILES string of the molecule is CC(C)C(C)(C#N)NC(=O)Cn1cnc2ccccc2c1=O. The number of hydrogen-bond donors (Lipinski definition) is 1. The molecular formula is C16H18N4O2.